The molecule has 34 heavy (non-hydrogen) atoms. The molecule has 3 heteroatoms. The van der Waals surface area contributed by atoms with Crippen molar-refractivity contribution in [2.24, 2.45) is 0 Å². The lowest BCUT2D eigenvalue weighted by Crippen LogP contribution is -1.96. The minimum absolute atomic E-state index is 0.192. The monoisotopic (exact) mass is 477 g/mol. The number of allylic oxidation sites excluding steroid dienone is 6. The molecule has 0 radical (unpaired) electrons. The van der Waals surface area contributed by atoms with E-state index in [1.165, 1.54) is 35.5 Å². The fourth-order valence-corrected chi connectivity index (χ4v) is 3.99. The average molecular weight is 478 g/mol. The average Bonchev–Trinajstić information content (AvgIpc) is 3.33. The lowest BCUT2D eigenvalue weighted by atomic mass is 10.0. The van der Waals surface area contributed by atoms with Crippen LogP contribution in [-0.4, -0.2) is 22.3 Å². The lowest BCUT2D eigenvalue weighted by Gasteiger charge is -2.01. The van der Waals surface area contributed by atoms with Gasteiger partial charge in [0.1, 0.15) is 0 Å². The molecule has 0 spiro atoms. The molecular formula is C31H43NOS. The number of unbranched alkanes of at least 4 members (excludes halogenated alkanes) is 1. The van der Waals surface area contributed by atoms with Gasteiger partial charge in [-0.05, 0) is 79.0 Å². The first-order valence-electron chi connectivity index (χ1n) is 12.5. The van der Waals surface area contributed by atoms with Gasteiger partial charge in [0.15, 0.2) is 5.78 Å². The van der Waals surface area contributed by atoms with Crippen molar-refractivity contribution in [1.29, 1.82) is 0 Å². The van der Waals surface area contributed by atoms with Gasteiger partial charge in [0.25, 0.3) is 0 Å². The maximum absolute atomic E-state index is 12.2. The number of ketones is 1. The number of carbonyl (C=O) groups is 1. The number of aromatic amines is 1. The Morgan fingerprint density at radius 2 is 1.76 bits per heavy atom. The number of rotatable bonds is 13. The third kappa shape index (κ3) is 11.6. The molecule has 0 amide bonds. The SMILES string of the molecule is C=C(/C=C/c1ccccc1C)/C=C(\C=C/C)c1cc(C(=O)CCCC)c[nH]1.CCCSCCC. The van der Waals surface area contributed by atoms with Crippen LogP contribution in [0.2, 0.25) is 0 Å². The van der Waals surface area contributed by atoms with E-state index < -0.39 is 0 Å². The molecule has 0 aliphatic rings. The van der Waals surface area contributed by atoms with Crippen molar-refractivity contribution >= 4 is 29.2 Å². The smallest absolute Gasteiger partial charge is 0.164 e. The van der Waals surface area contributed by atoms with Crippen molar-refractivity contribution in [1.82, 2.24) is 4.98 Å². The molecule has 0 fully saturated rings. The number of benzene rings is 1. The van der Waals surface area contributed by atoms with Crippen molar-refractivity contribution in [3.05, 3.63) is 95.4 Å². The van der Waals surface area contributed by atoms with E-state index in [1.54, 1.807) is 6.20 Å². The van der Waals surface area contributed by atoms with Crippen molar-refractivity contribution in [2.75, 3.05) is 11.5 Å². The highest BCUT2D eigenvalue weighted by Gasteiger charge is 2.09. The van der Waals surface area contributed by atoms with Crippen LogP contribution in [-0.2, 0) is 0 Å². The summed E-state index contributed by atoms with van der Waals surface area (Å²) in [6.07, 6.45) is 17.1. The molecule has 1 aromatic heterocycles. The highest BCUT2D eigenvalue weighted by molar-refractivity contribution is 7.99. The van der Waals surface area contributed by atoms with E-state index in [0.29, 0.717) is 6.42 Å². The van der Waals surface area contributed by atoms with Gasteiger partial charge in [-0.15, -0.1) is 0 Å². The highest BCUT2D eigenvalue weighted by Crippen LogP contribution is 2.20. The van der Waals surface area contributed by atoms with Crippen LogP contribution in [0.1, 0.15) is 87.0 Å². The minimum atomic E-state index is 0.192. The molecule has 1 N–H and O–H groups in total. The largest absolute Gasteiger partial charge is 0.360 e. The number of carbonyl (C=O) groups excluding carboxylic acids is 1. The summed E-state index contributed by atoms with van der Waals surface area (Å²) < 4.78 is 0. The Kier molecular flexibility index (Phi) is 15.5. The molecule has 184 valence electrons. The quantitative estimate of drug-likeness (QED) is 0.177. The summed E-state index contributed by atoms with van der Waals surface area (Å²) in [7, 11) is 0. The fourth-order valence-electron chi connectivity index (χ4n) is 3.21. The Bertz CT molecular complexity index is 957. The van der Waals surface area contributed by atoms with Gasteiger partial charge in [0.05, 0.1) is 0 Å². The molecule has 0 unspecified atom stereocenters. The van der Waals surface area contributed by atoms with Crippen LogP contribution in [0.25, 0.3) is 11.6 Å². The summed E-state index contributed by atoms with van der Waals surface area (Å²) in [6.45, 7) is 14.8. The molecule has 2 nitrogen and oxygen atoms in total. The van der Waals surface area contributed by atoms with Gasteiger partial charge in [0, 0.05) is 23.9 Å². The predicted octanol–water partition coefficient (Wildman–Crippen LogP) is 9.46. The molecule has 0 saturated heterocycles. The Morgan fingerprint density at radius 3 is 2.38 bits per heavy atom. The van der Waals surface area contributed by atoms with Crippen LogP contribution in [0.4, 0.5) is 0 Å². The predicted molar refractivity (Wildman–Crippen MR) is 155 cm³/mol. The summed E-state index contributed by atoms with van der Waals surface area (Å²) in [5.41, 5.74) is 6.00. The number of nitrogens with one attached hydrogen (secondary N) is 1. The van der Waals surface area contributed by atoms with E-state index in [2.05, 4.69) is 69.2 Å². The summed E-state index contributed by atoms with van der Waals surface area (Å²) in [5, 5.41) is 0. The summed E-state index contributed by atoms with van der Waals surface area (Å²) in [5.74, 6) is 2.87. The molecule has 0 saturated carbocycles. The number of hydrogen-bond acceptors (Lipinski definition) is 2. The summed E-state index contributed by atoms with van der Waals surface area (Å²) in [4.78, 5) is 15.5. The van der Waals surface area contributed by atoms with E-state index in [4.69, 9.17) is 0 Å². The Labute approximate surface area is 212 Å². The van der Waals surface area contributed by atoms with E-state index >= 15 is 0 Å². The van der Waals surface area contributed by atoms with Crippen LogP contribution >= 0.6 is 11.8 Å². The van der Waals surface area contributed by atoms with Gasteiger partial charge in [-0.3, -0.25) is 4.79 Å². The van der Waals surface area contributed by atoms with E-state index in [-0.39, 0.29) is 5.78 Å². The molecule has 0 aliphatic heterocycles. The zero-order valence-corrected chi connectivity index (χ0v) is 22.6. The normalized spacial score (nSPS) is 11.6. The zero-order valence-electron chi connectivity index (χ0n) is 21.8. The van der Waals surface area contributed by atoms with Gasteiger partial charge in [0.2, 0.25) is 0 Å². The molecule has 0 bridgehead atoms. The van der Waals surface area contributed by atoms with E-state index in [0.717, 1.165) is 35.2 Å². The molecule has 0 atom stereocenters. The number of thioether (sulfide) groups is 1. The lowest BCUT2D eigenvalue weighted by molar-refractivity contribution is 0.0980. The van der Waals surface area contributed by atoms with E-state index in [1.807, 2.05) is 49.4 Å². The minimum Gasteiger partial charge on any atom is -0.360 e. The first kappa shape index (κ1) is 29.5. The molecule has 1 heterocycles. The summed E-state index contributed by atoms with van der Waals surface area (Å²) >= 11 is 2.05. The fraction of sp³-hybridized carbons (Fsp3) is 0.387. The third-order valence-corrected chi connectivity index (χ3v) is 6.52. The van der Waals surface area contributed by atoms with Crippen molar-refractivity contribution in [3.63, 3.8) is 0 Å². The van der Waals surface area contributed by atoms with E-state index in [9.17, 15) is 4.79 Å². The number of aromatic nitrogens is 1. The molecule has 2 aromatic rings. The maximum atomic E-state index is 12.2. The number of H-pyrrole nitrogens is 1. The van der Waals surface area contributed by atoms with Gasteiger partial charge in [-0.1, -0.05) is 82.3 Å². The van der Waals surface area contributed by atoms with Crippen molar-refractivity contribution in [2.45, 2.75) is 66.7 Å². The van der Waals surface area contributed by atoms with Crippen molar-refractivity contribution in [3.8, 4) is 0 Å². The second kappa shape index (κ2) is 17.9. The van der Waals surface area contributed by atoms with Crippen LogP contribution < -0.4 is 0 Å². The molecule has 1 aromatic carbocycles. The molecule has 2 rings (SSSR count). The number of hydrogen-bond donors (Lipinski definition) is 1. The Hall–Kier alpha value is -2.52. The first-order valence-corrected chi connectivity index (χ1v) is 13.7. The van der Waals surface area contributed by atoms with Crippen LogP contribution in [0, 0.1) is 6.92 Å². The van der Waals surface area contributed by atoms with Crippen LogP contribution in [0.5, 0.6) is 0 Å². The van der Waals surface area contributed by atoms with Crippen molar-refractivity contribution < 1.29 is 4.79 Å². The van der Waals surface area contributed by atoms with Gasteiger partial charge in [-0.25, -0.2) is 0 Å². The van der Waals surface area contributed by atoms with Crippen LogP contribution in [0.3, 0.4) is 0 Å². The van der Waals surface area contributed by atoms with Gasteiger partial charge < -0.3 is 4.98 Å². The maximum Gasteiger partial charge on any atom is 0.164 e. The summed E-state index contributed by atoms with van der Waals surface area (Å²) in [6, 6.07) is 10.2. The Morgan fingerprint density at radius 1 is 1.06 bits per heavy atom. The molecular weight excluding hydrogens is 434 g/mol. The van der Waals surface area contributed by atoms with Crippen LogP contribution in [0.15, 0.2) is 73.0 Å². The standard InChI is InChI=1S/C25H29NO.C6H14S/c1-5-7-13-25(27)23-17-24(26-18-23)22(10-6-2)16-19(3)14-15-21-12-9-8-11-20(21)4;1-3-5-7-6-4-2/h6,8-12,14-18,26H,3,5,7,13H2,1-2,4H3;3-6H2,1-2H3/b10-6-,15-14+,22-16+;. The second-order valence-electron chi connectivity index (χ2n) is 8.31. The molecule has 0 aliphatic carbocycles. The number of aryl methyl sites for hydroxylation is 1. The van der Waals surface area contributed by atoms with Gasteiger partial charge in [-0.2, -0.15) is 11.8 Å². The Balaban J connectivity index is 0.000000718. The highest BCUT2D eigenvalue weighted by atomic mass is 32.2. The topological polar surface area (TPSA) is 32.9 Å². The number of Topliss-reactive ketones (excluding diaryl/α,β-unsaturated/α-hetero) is 1. The third-order valence-electron chi connectivity index (χ3n) is 5.12. The van der Waals surface area contributed by atoms with Gasteiger partial charge >= 0.3 is 0 Å². The zero-order chi connectivity index (χ0) is 25.2. The second-order valence-corrected chi connectivity index (χ2v) is 9.53. The first-order chi connectivity index (χ1) is 16.5.